The zero-order valence-corrected chi connectivity index (χ0v) is 15.6. The molecule has 0 rings (SSSR count). The van der Waals surface area contributed by atoms with Crippen LogP contribution < -0.4 is 0 Å². The van der Waals surface area contributed by atoms with E-state index in [1.54, 1.807) is 0 Å². The van der Waals surface area contributed by atoms with E-state index in [9.17, 15) is 5.26 Å². The van der Waals surface area contributed by atoms with Gasteiger partial charge in [0.15, 0.2) is 0 Å². The summed E-state index contributed by atoms with van der Waals surface area (Å²) in [5, 5.41) is 13.1. The molecule has 0 amide bonds. The van der Waals surface area contributed by atoms with Gasteiger partial charge in [0.05, 0.1) is 0 Å². The van der Waals surface area contributed by atoms with Crippen LogP contribution in [0.25, 0.3) is 0 Å². The van der Waals surface area contributed by atoms with Gasteiger partial charge < -0.3 is 0 Å². The van der Waals surface area contributed by atoms with E-state index >= 15 is 0 Å². The first-order valence-corrected chi connectivity index (χ1v) is 15.5. The Kier molecular flexibility index (Phi) is 6.57. The Balaban J connectivity index is 5.43. The Bertz CT molecular complexity index is 313. The van der Waals surface area contributed by atoms with Crippen LogP contribution in [0.3, 0.4) is 0 Å². The van der Waals surface area contributed by atoms with Gasteiger partial charge in [-0.1, -0.05) is 0 Å². The van der Waals surface area contributed by atoms with Crippen LogP contribution in [-0.4, -0.2) is 21.6 Å². The van der Waals surface area contributed by atoms with Crippen LogP contribution in [0.5, 0.6) is 0 Å². The monoisotopic (exact) mass is 315 g/mol. The Labute approximate surface area is 111 Å². The third kappa shape index (κ3) is 4.51. The van der Waals surface area contributed by atoms with E-state index in [4.69, 9.17) is 4.43 Å². The molecule has 0 N–H and O–H groups in total. The molecule has 0 saturated carbocycles. The van der Waals surface area contributed by atoms with Crippen LogP contribution >= 0.6 is 0 Å². The fourth-order valence-corrected chi connectivity index (χ4v) is 11.0. The van der Waals surface area contributed by atoms with Crippen LogP contribution in [0.1, 0.15) is 27.7 Å². The van der Waals surface area contributed by atoms with Gasteiger partial charge in [-0.15, -0.1) is 0 Å². The Morgan fingerprint density at radius 3 is 1.76 bits per heavy atom. The molecular formula is C13H27GeNOSi. The summed E-state index contributed by atoms with van der Waals surface area (Å²) in [5.74, 6) is 0.648. The van der Waals surface area contributed by atoms with Crippen molar-refractivity contribution < 1.29 is 4.43 Å². The summed E-state index contributed by atoms with van der Waals surface area (Å²) in [6.45, 7) is 15.4. The van der Waals surface area contributed by atoms with Gasteiger partial charge in [-0.3, -0.25) is 0 Å². The van der Waals surface area contributed by atoms with Crippen molar-refractivity contribution >= 4 is 21.6 Å². The standard InChI is InChI=1S/C13H27GeNOSi/c1-8-14(9-2,10-3)12(4)13(11-15)16-17(5,6)7/h8-10H2,1-7H3/b13-12+. The Hall–Kier alpha value is -0.210. The topological polar surface area (TPSA) is 33.0 Å². The number of nitriles is 1. The second-order valence-corrected chi connectivity index (χ2v) is 21.4. The van der Waals surface area contributed by atoms with E-state index < -0.39 is 21.6 Å². The van der Waals surface area contributed by atoms with E-state index in [0.717, 1.165) is 0 Å². The van der Waals surface area contributed by atoms with E-state index in [0.29, 0.717) is 5.76 Å². The van der Waals surface area contributed by atoms with E-state index in [-0.39, 0.29) is 0 Å². The molecule has 0 aromatic carbocycles. The summed E-state index contributed by atoms with van der Waals surface area (Å²) in [4.78, 5) is 0. The predicted octanol–water partition coefficient (Wildman–Crippen LogP) is 4.68. The molecule has 0 atom stereocenters. The summed E-state index contributed by atoms with van der Waals surface area (Å²) in [6, 6.07) is 2.31. The zero-order valence-electron chi connectivity index (χ0n) is 12.5. The molecule has 0 aliphatic carbocycles. The van der Waals surface area contributed by atoms with Gasteiger partial charge >= 0.3 is 111 Å². The molecule has 0 aromatic heterocycles. The summed E-state index contributed by atoms with van der Waals surface area (Å²) in [6.07, 6.45) is 0. The molecule has 0 spiro atoms. The van der Waals surface area contributed by atoms with Crippen molar-refractivity contribution in [2.45, 2.75) is 63.1 Å². The van der Waals surface area contributed by atoms with Crippen molar-refractivity contribution in [1.82, 2.24) is 0 Å². The van der Waals surface area contributed by atoms with E-state index in [1.165, 1.54) is 20.2 Å². The second-order valence-electron chi connectivity index (χ2n) is 5.62. The first kappa shape index (κ1) is 16.8. The normalized spacial score (nSPS) is 14.0. The molecule has 0 aromatic rings. The zero-order chi connectivity index (χ0) is 13.7. The number of hydrogen-bond donors (Lipinski definition) is 0. The molecule has 0 aliphatic rings. The van der Waals surface area contributed by atoms with Gasteiger partial charge in [0.1, 0.15) is 0 Å². The van der Waals surface area contributed by atoms with Crippen molar-refractivity contribution in [2.75, 3.05) is 0 Å². The van der Waals surface area contributed by atoms with Gasteiger partial charge in [-0.05, 0) is 0 Å². The third-order valence-electron chi connectivity index (χ3n) is 3.68. The van der Waals surface area contributed by atoms with Crippen LogP contribution in [0, 0.1) is 11.3 Å². The fourth-order valence-electron chi connectivity index (χ4n) is 2.28. The molecule has 0 unspecified atom stereocenters. The molecular weight excluding hydrogens is 287 g/mol. The maximum atomic E-state index is 9.33. The van der Waals surface area contributed by atoms with Gasteiger partial charge in [0.2, 0.25) is 0 Å². The molecule has 4 heteroatoms. The van der Waals surface area contributed by atoms with Crippen LogP contribution in [0.15, 0.2) is 10.2 Å². The molecule has 0 bridgehead atoms. The Morgan fingerprint density at radius 2 is 1.53 bits per heavy atom. The SMILES string of the molecule is C[CH2][Ge]([CH2]C)([CH2]C)/[C](C)=C(\C#N)O[Si](C)(C)C. The molecule has 2 nitrogen and oxygen atoms in total. The molecule has 0 saturated heterocycles. The molecule has 98 valence electrons. The van der Waals surface area contributed by atoms with E-state index in [2.05, 4.69) is 53.4 Å². The average molecular weight is 314 g/mol. The third-order valence-corrected chi connectivity index (χ3v) is 16.8. The number of rotatable bonds is 6. The molecule has 17 heavy (non-hydrogen) atoms. The second kappa shape index (κ2) is 6.65. The number of allylic oxidation sites excluding steroid dienone is 2. The van der Waals surface area contributed by atoms with Gasteiger partial charge in [0.25, 0.3) is 0 Å². The minimum absolute atomic E-state index is 0.648. The number of hydrogen-bond acceptors (Lipinski definition) is 2. The predicted molar refractivity (Wildman–Crippen MR) is 79.9 cm³/mol. The summed E-state index contributed by atoms with van der Waals surface area (Å²) < 4.78 is 7.29. The average Bonchev–Trinajstić information content (AvgIpc) is 2.27. The molecule has 0 aliphatic heterocycles. The van der Waals surface area contributed by atoms with E-state index in [1.807, 2.05) is 0 Å². The fraction of sp³-hybridized carbons (Fsp3) is 0.769. The summed E-state index contributed by atoms with van der Waals surface area (Å²) >= 11 is -2.00. The van der Waals surface area contributed by atoms with Gasteiger partial charge in [-0.2, -0.15) is 0 Å². The van der Waals surface area contributed by atoms with Crippen LogP contribution in [0.4, 0.5) is 0 Å². The molecule has 0 radical (unpaired) electrons. The first-order chi connectivity index (χ1) is 7.76. The van der Waals surface area contributed by atoms with Gasteiger partial charge in [-0.25, -0.2) is 0 Å². The van der Waals surface area contributed by atoms with Crippen molar-refractivity contribution in [2.24, 2.45) is 0 Å². The van der Waals surface area contributed by atoms with Gasteiger partial charge in [0, 0.05) is 0 Å². The quantitative estimate of drug-likeness (QED) is 0.405. The van der Waals surface area contributed by atoms with Crippen LogP contribution in [-0.2, 0) is 4.43 Å². The first-order valence-electron chi connectivity index (χ1n) is 6.56. The van der Waals surface area contributed by atoms with Crippen molar-refractivity contribution in [3.63, 3.8) is 0 Å². The van der Waals surface area contributed by atoms with Crippen LogP contribution in [0.2, 0.25) is 35.4 Å². The molecule has 0 heterocycles. The van der Waals surface area contributed by atoms with Crippen molar-refractivity contribution in [3.05, 3.63) is 10.2 Å². The molecule has 0 fully saturated rings. The van der Waals surface area contributed by atoms with Crippen molar-refractivity contribution in [3.8, 4) is 6.07 Å². The Morgan fingerprint density at radius 1 is 1.12 bits per heavy atom. The maximum absolute atomic E-state index is 9.33. The minimum atomic E-state index is -2.00. The summed E-state index contributed by atoms with van der Waals surface area (Å²) in [5.41, 5.74) is 0. The van der Waals surface area contributed by atoms with Crippen molar-refractivity contribution in [1.29, 1.82) is 5.26 Å². The summed E-state index contributed by atoms with van der Waals surface area (Å²) in [7, 11) is -1.67. The number of nitrogens with zero attached hydrogens (tertiary/aromatic N) is 1.